The molecule has 1 aliphatic heterocycles. The zero-order valence-electron chi connectivity index (χ0n) is 15.4. The molecule has 0 bridgehead atoms. The van der Waals surface area contributed by atoms with E-state index in [1.54, 1.807) is 17.9 Å². The quantitative estimate of drug-likeness (QED) is 0.821. The molecule has 26 heavy (non-hydrogen) atoms. The number of nitrogens with one attached hydrogen (secondary N) is 1. The summed E-state index contributed by atoms with van der Waals surface area (Å²) in [6.45, 7) is 2.93. The van der Waals surface area contributed by atoms with Crippen LogP contribution in [-0.4, -0.2) is 53.9 Å². The van der Waals surface area contributed by atoms with Crippen LogP contribution in [0.3, 0.4) is 0 Å². The lowest BCUT2D eigenvalue weighted by Gasteiger charge is -2.31. The second-order valence-corrected chi connectivity index (χ2v) is 6.63. The van der Waals surface area contributed by atoms with E-state index >= 15 is 0 Å². The van der Waals surface area contributed by atoms with Crippen molar-refractivity contribution < 1.29 is 14.3 Å². The van der Waals surface area contributed by atoms with Crippen molar-refractivity contribution in [2.75, 3.05) is 38.7 Å². The second-order valence-electron chi connectivity index (χ2n) is 6.63. The van der Waals surface area contributed by atoms with Crippen LogP contribution < -0.4 is 14.8 Å². The van der Waals surface area contributed by atoms with E-state index < -0.39 is 0 Å². The number of carbonyl (C=O) groups is 1. The molecule has 0 radical (unpaired) electrons. The zero-order chi connectivity index (χ0) is 18.4. The van der Waals surface area contributed by atoms with Crippen LogP contribution in [0.4, 0.5) is 5.82 Å². The maximum Gasteiger partial charge on any atom is 0.239 e. The number of hydrogen-bond donors (Lipinski definition) is 1. The molecular weight excluding hydrogens is 332 g/mol. The Bertz CT molecular complexity index is 706. The average Bonchev–Trinajstić information content (AvgIpc) is 3.06. The van der Waals surface area contributed by atoms with Crippen molar-refractivity contribution in [3.8, 4) is 11.5 Å². The third kappa shape index (κ3) is 5.23. The zero-order valence-corrected chi connectivity index (χ0v) is 15.4. The summed E-state index contributed by atoms with van der Waals surface area (Å²) in [6.07, 6.45) is 3.88. The van der Waals surface area contributed by atoms with Gasteiger partial charge in [0.2, 0.25) is 5.91 Å². The molecule has 2 heterocycles. The Morgan fingerprint density at radius 2 is 1.88 bits per heavy atom. The van der Waals surface area contributed by atoms with E-state index in [2.05, 4.69) is 15.3 Å². The van der Waals surface area contributed by atoms with Crippen LogP contribution in [0.2, 0.25) is 0 Å². The fraction of sp³-hybridized carbons (Fsp3) is 0.474. The summed E-state index contributed by atoms with van der Waals surface area (Å²) in [4.78, 5) is 14.3. The summed E-state index contributed by atoms with van der Waals surface area (Å²) in [6, 6.07) is 9.45. The van der Waals surface area contributed by atoms with E-state index in [9.17, 15) is 4.79 Å². The van der Waals surface area contributed by atoms with Crippen LogP contribution in [0.1, 0.15) is 12.8 Å². The number of ether oxygens (including phenoxy) is 2. The molecule has 1 aliphatic rings. The van der Waals surface area contributed by atoms with E-state index in [0.29, 0.717) is 24.9 Å². The van der Waals surface area contributed by atoms with Crippen molar-refractivity contribution in [2.45, 2.75) is 12.8 Å². The lowest BCUT2D eigenvalue weighted by molar-refractivity contribution is -0.117. The summed E-state index contributed by atoms with van der Waals surface area (Å²) in [7, 11) is 3.48. The number of benzene rings is 1. The number of amides is 1. The van der Waals surface area contributed by atoms with E-state index in [1.807, 2.05) is 37.5 Å². The summed E-state index contributed by atoms with van der Waals surface area (Å²) >= 11 is 0. The van der Waals surface area contributed by atoms with Gasteiger partial charge in [0.1, 0.15) is 11.5 Å². The predicted molar refractivity (Wildman–Crippen MR) is 99.5 cm³/mol. The lowest BCUT2D eigenvalue weighted by atomic mass is 9.98. The van der Waals surface area contributed by atoms with Crippen LogP contribution in [0.15, 0.2) is 36.5 Å². The molecule has 2 aromatic rings. The van der Waals surface area contributed by atoms with Gasteiger partial charge in [-0.3, -0.25) is 14.4 Å². The average molecular weight is 358 g/mol. The number of methoxy groups -OCH3 is 1. The number of likely N-dealkylation sites (tertiary alicyclic amines) is 1. The predicted octanol–water partition coefficient (Wildman–Crippen LogP) is 2.16. The van der Waals surface area contributed by atoms with Crippen LogP contribution in [0.25, 0.3) is 0 Å². The molecule has 0 aliphatic carbocycles. The minimum atomic E-state index is -0.0170. The molecule has 1 aromatic heterocycles. The maximum atomic E-state index is 12.1. The second kappa shape index (κ2) is 8.71. The van der Waals surface area contributed by atoms with E-state index in [0.717, 1.165) is 37.4 Å². The van der Waals surface area contributed by atoms with Gasteiger partial charge in [-0.2, -0.15) is 5.10 Å². The molecule has 7 nitrogen and oxygen atoms in total. The van der Waals surface area contributed by atoms with Gasteiger partial charge >= 0.3 is 0 Å². The summed E-state index contributed by atoms with van der Waals surface area (Å²) in [5.41, 5.74) is 0. The highest BCUT2D eigenvalue weighted by Crippen LogP contribution is 2.21. The maximum absolute atomic E-state index is 12.1. The Kier molecular flexibility index (Phi) is 6.12. The third-order valence-corrected chi connectivity index (χ3v) is 4.60. The van der Waals surface area contributed by atoms with Crippen molar-refractivity contribution >= 4 is 11.7 Å². The molecule has 0 spiro atoms. The number of aromatic nitrogens is 2. The van der Waals surface area contributed by atoms with Crippen molar-refractivity contribution in [1.29, 1.82) is 0 Å². The van der Waals surface area contributed by atoms with Gasteiger partial charge in [-0.1, -0.05) is 0 Å². The molecule has 0 atom stereocenters. The molecule has 140 valence electrons. The van der Waals surface area contributed by atoms with Gasteiger partial charge in [-0.15, -0.1) is 0 Å². The monoisotopic (exact) mass is 358 g/mol. The smallest absolute Gasteiger partial charge is 0.239 e. The van der Waals surface area contributed by atoms with Gasteiger partial charge < -0.3 is 14.8 Å². The molecule has 0 saturated carbocycles. The number of anilines is 1. The Morgan fingerprint density at radius 1 is 1.19 bits per heavy atom. The highest BCUT2D eigenvalue weighted by Gasteiger charge is 2.21. The molecule has 1 fully saturated rings. The normalized spacial score (nSPS) is 15.6. The number of nitrogens with zero attached hydrogens (tertiary/aromatic N) is 3. The van der Waals surface area contributed by atoms with Gasteiger partial charge in [0.15, 0.2) is 5.82 Å². The van der Waals surface area contributed by atoms with Crippen molar-refractivity contribution in [2.24, 2.45) is 13.0 Å². The van der Waals surface area contributed by atoms with Crippen LogP contribution in [0, 0.1) is 5.92 Å². The lowest BCUT2D eigenvalue weighted by Crippen LogP contribution is -2.40. The van der Waals surface area contributed by atoms with Crippen molar-refractivity contribution in [3.63, 3.8) is 0 Å². The highest BCUT2D eigenvalue weighted by molar-refractivity contribution is 5.91. The first-order valence-electron chi connectivity index (χ1n) is 8.91. The first-order valence-corrected chi connectivity index (χ1v) is 8.91. The van der Waals surface area contributed by atoms with E-state index in [4.69, 9.17) is 9.47 Å². The molecule has 7 heteroatoms. The summed E-state index contributed by atoms with van der Waals surface area (Å²) in [5.74, 6) is 2.79. The van der Waals surface area contributed by atoms with Gasteiger partial charge in [0.25, 0.3) is 0 Å². The largest absolute Gasteiger partial charge is 0.497 e. The number of carbonyl (C=O) groups excluding carboxylic acids is 1. The van der Waals surface area contributed by atoms with E-state index in [1.165, 1.54) is 0 Å². The van der Waals surface area contributed by atoms with Gasteiger partial charge in [0, 0.05) is 19.3 Å². The SMILES string of the molecule is COc1ccc(OCC2CCN(CC(=O)Nc3ccn(C)n3)CC2)cc1. The summed E-state index contributed by atoms with van der Waals surface area (Å²) in [5, 5.41) is 6.99. The fourth-order valence-electron chi connectivity index (χ4n) is 3.06. The van der Waals surface area contributed by atoms with Crippen molar-refractivity contribution in [1.82, 2.24) is 14.7 Å². The van der Waals surface area contributed by atoms with E-state index in [-0.39, 0.29) is 5.91 Å². The first kappa shape index (κ1) is 18.3. The first-order chi connectivity index (χ1) is 12.6. The Morgan fingerprint density at radius 3 is 2.50 bits per heavy atom. The van der Waals surface area contributed by atoms with Crippen molar-refractivity contribution in [3.05, 3.63) is 36.5 Å². The molecule has 1 amide bonds. The molecule has 1 saturated heterocycles. The third-order valence-electron chi connectivity index (χ3n) is 4.60. The van der Waals surface area contributed by atoms with Gasteiger partial charge in [-0.05, 0) is 56.1 Å². The minimum Gasteiger partial charge on any atom is -0.497 e. The summed E-state index contributed by atoms with van der Waals surface area (Å²) < 4.78 is 12.7. The molecule has 3 rings (SSSR count). The number of aryl methyl sites for hydroxylation is 1. The molecule has 0 unspecified atom stereocenters. The fourth-order valence-corrected chi connectivity index (χ4v) is 3.06. The topological polar surface area (TPSA) is 68.6 Å². The van der Waals surface area contributed by atoms with Crippen LogP contribution in [-0.2, 0) is 11.8 Å². The molecule has 1 aromatic carbocycles. The highest BCUT2D eigenvalue weighted by atomic mass is 16.5. The Labute approximate surface area is 153 Å². The van der Waals surface area contributed by atoms with Crippen LogP contribution >= 0.6 is 0 Å². The number of hydrogen-bond acceptors (Lipinski definition) is 5. The number of piperidine rings is 1. The standard InChI is InChI=1S/C19H26N4O3/c1-22-10-9-18(21-22)20-19(24)13-23-11-7-15(8-12-23)14-26-17-5-3-16(25-2)4-6-17/h3-6,9-10,15H,7-8,11-14H2,1-2H3,(H,20,21,24). The Balaban J connectivity index is 1.36. The van der Waals surface area contributed by atoms with Crippen LogP contribution in [0.5, 0.6) is 11.5 Å². The molecule has 1 N–H and O–H groups in total. The molecular formula is C19H26N4O3. The minimum absolute atomic E-state index is 0.0170. The van der Waals surface area contributed by atoms with Gasteiger partial charge in [-0.25, -0.2) is 0 Å². The Hall–Kier alpha value is -2.54. The van der Waals surface area contributed by atoms with Gasteiger partial charge in [0.05, 0.1) is 20.3 Å². The number of rotatable bonds is 7.